The summed E-state index contributed by atoms with van der Waals surface area (Å²) in [6.45, 7) is 2.91. The van der Waals surface area contributed by atoms with Crippen LogP contribution in [0.1, 0.15) is 18.4 Å². The van der Waals surface area contributed by atoms with Gasteiger partial charge in [0.1, 0.15) is 6.04 Å². The molecule has 0 unspecified atom stereocenters. The summed E-state index contributed by atoms with van der Waals surface area (Å²) in [6, 6.07) is 6.43. The molecular formula is C14H21N3O3. The van der Waals surface area contributed by atoms with Gasteiger partial charge < -0.3 is 21.5 Å². The van der Waals surface area contributed by atoms with Crippen LogP contribution in [0.2, 0.25) is 0 Å². The Labute approximate surface area is 118 Å². The number of carboxylic acids is 1. The van der Waals surface area contributed by atoms with Crippen LogP contribution in [0.4, 0.5) is 5.69 Å². The van der Waals surface area contributed by atoms with E-state index in [1.165, 1.54) is 0 Å². The SMILES string of the molecule is Cc1ccc(NC(=O)C[C@H](NCCCN)C(=O)O)cc1. The van der Waals surface area contributed by atoms with E-state index in [0.717, 1.165) is 5.56 Å². The molecule has 1 aromatic carbocycles. The van der Waals surface area contributed by atoms with Gasteiger partial charge in [0.05, 0.1) is 6.42 Å². The van der Waals surface area contributed by atoms with Crippen LogP contribution in [-0.2, 0) is 9.59 Å². The summed E-state index contributed by atoms with van der Waals surface area (Å²) in [5, 5.41) is 14.5. The van der Waals surface area contributed by atoms with E-state index in [2.05, 4.69) is 10.6 Å². The van der Waals surface area contributed by atoms with Crippen LogP contribution in [0.15, 0.2) is 24.3 Å². The number of hydrogen-bond donors (Lipinski definition) is 4. The first kappa shape index (κ1) is 16.1. The molecule has 0 aliphatic rings. The van der Waals surface area contributed by atoms with Gasteiger partial charge in [-0.1, -0.05) is 17.7 Å². The Bertz CT molecular complexity index is 445. The second-order valence-corrected chi connectivity index (χ2v) is 4.61. The minimum Gasteiger partial charge on any atom is -0.480 e. The number of aryl methyl sites for hydroxylation is 1. The number of amides is 1. The Hall–Kier alpha value is -1.92. The van der Waals surface area contributed by atoms with Crippen molar-refractivity contribution < 1.29 is 14.7 Å². The summed E-state index contributed by atoms with van der Waals surface area (Å²) < 4.78 is 0. The third-order valence-electron chi connectivity index (χ3n) is 2.79. The smallest absolute Gasteiger partial charge is 0.321 e. The number of rotatable bonds is 8. The molecule has 0 radical (unpaired) electrons. The van der Waals surface area contributed by atoms with Gasteiger partial charge in [0.25, 0.3) is 0 Å². The van der Waals surface area contributed by atoms with E-state index >= 15 is 0 Å². The Balaban J connectivity index is 2.48. The highest BCUT2D eigenvalue weighted by molar-refractivity contribution is 5.94. The van der Waals surface area contributed by atoms with Crippen molar-refractivity contribution in [1.82, 2.24) is 5.32 Å². The molecule has 5 N–H and O–H groups in total. The van der Waals surface area contributed by atoms with Gasteiger partial charge in [0, 0.05) is 5.69 Å². The molecule has 1 rings (SSSR count). The second kappa shape index (κ2) is 8.29. The topological polar surface area (TPSA) is 104 Å². The van der Waals surface area contributed by atoms with Crippen LogP contribution in [0, 0.1) is 6.92 Å². The van der Waals surface area contributed by atoms with Crippen LogP contribution in [-0.4, -0.2) is 36.1 Å². The highest BCUT2D eigenvalue weighted by atomic mass is 16.4. The summed E-state index contributed by atoms with van der Waals surface area (Å²) in [5.41, 5.74) is 7.09. The summed E-state index contributed by atoms with van der Waals surface area (Å²) in [7, 11) is 0. The number of hydrogen-bond acceptors (Lipinski definition) is 4. The third-order valence-corrected chi connectivity index (χ3v) is 2.79. The Kier molecular flexibility index (Phi) is 6.69. The lowest BCUT2D eigenvalue weighted by Gasteiger charge is -2.14. The molecule has 6 heteroatoms. The number of anilines is 1. The maximum atomic E-state index is 11.8. The van der Waals surface area contributed by atoms with Gasteiger partial charge in [-0.2, -0.15) is 0 Å². The number of benzene rings is 1. The summed E-state index contributed by atoms with van der Waals surface area (Å²) in [4.78, 5) is 22.9. The van der Waals surface area contributed by atoms with Gasteiger partial charge in [-0.15, -0.1) is 0 Å². The van der Waals surface area contributed by atoms with Gasteiger partial charge in [-0.05, 0) is 38.6 Å². The van der Waals surface area contributed by atoms with Crippen molar-refractivity contribution in [2.24, 2.45) is 5.73 Å². The normalized spacial score (nSPS) is 11.9. The molecule has 0 fully saturated rings. The summed E-state index contributed by atoms with van der Waals surface area (Å²) in [6.07, 6.45) is 0.553. The Morgan fingerprint density at radius 3 is 2.50 bits per heavy atom. The molecular weight excluding hydrogens is 258 g/mol. The van der Waals surface area contributed by atoms with Crippen molar-refractivity contribution in [1.29, 1.82) is 0 Å². The maximum absolute atomic E-state index is 11.8. The Morgan fingerprint density at radius 1 is 1.30 bits per heavy atom. The average molecular weight is 279 g/mol. The molecule has 1 aromatic rings. The summed E-state index contributed by atoms with van der Waals surface area (Å²) in [5.74, 6) is -1.37. The quantitative estimate of drug-likeness (QED) is 0.525. The zero-order valence-corrected chi connectivity index (χ0v) is 11.6. The number of nitrogens with one attached hydrogen (secondary N) is 2. The van der Waals surface area contributed by atoms with Crippen molar-refractivity contribution in [2.45, 2.75) is 25.8 Å². The lowest BCUT2D eigenvalue weighted by atomic mass is 10.1. The van der Waals surface area contributed by atoms with E-state index in [1.807, 2.05) is 19.1 Å². The van der Waals surface area contributed by atoms with Gasteiger partial charge >= 0.3 is 5.97 Å². The maximum Gasteiger partial charge on any atom is 0.321 e. The highest BCUT2D eigenvalue weighted by Crippen LogP contribution is 2.09. The predicted molar refractivity (Wildman–Crippen MR) is 77.5 cm³/mol. The minimum absolute atomic E-state index is 0.117. The molecule has 0 aliphatic carbocycles. The van der Waals surface area contributed by atoms with Gasteiger partial charge in [0.15, 0.2) is 0 Å². The number of carbonyl (C=O) groups is 2. The van der Waals surface area contributed by atoms with E-state index in [-0.39, 0.29) is 12.3 Å². The predicted octanol–water partition coefficient (Wildman–Crippen LogP) is 0.715. The van der Waals surface area contributed by atoms with E-state index in [1.54, 1.807) is 12.1 Å². The zero-order valence-electron chi connectivity index (χ0n) is 11.6. The van der Waals surface area contributed by atoms with Crippen molar-refractivity contribution in [3.8, 4) is 0 Å². The lowest BCUT2D eigenvalue weighted by molar-refractivity contribution is -0.141. The monoisotopic (exact) mass is 279 g/mol. The van der Waals surface area contributed by atoms with E-state index < -0.39 is 12.0 Å². The highest BCUT2D eigenvalue weighted by Gasteiger charge is 2.20. The fraction of sp³-hybridized carbons (Fsp3) is 0.429. The molecule has 1 atom stereocenters. The van der Waals surface area contributed by atoms with Crippen LogP contribution in [0.5, 0.6) is 0 Å². The van der Waals surface area contributed by atoms with Crippen molar-refractivity contribution in [3.05, 3.63) is 29.8 Å². The molecule has 0 aliphatic heterocycles. The number of carboxylic acid groups (broad SMARTS) is 1. The fourth-order valence-corrected chi connectivity index (χ4v) is 1.66. The van der Waals surface area contributed by atoms with E-state index in [4.69, 9.17) is 10.8 Å². The van der Waals surface area contributed by atoms with Crippen LogP contribution in [0.3, 0.4) is 0 Å². The molecule has 0 saturated heterocycles. The first-order valence-corrected chi connectivity index (χ1v) is 6.55. The zero-order chi connectivity index (χ0) is 15.0. The van der Waals surface area contributed by atoms with Gasteiger partial charge in [-0.25, -0.2) is 0 Å². The molecule has 0 aromatic heterocycles. The van der Waals surface area contributed by atoms with Crippen LogP contribution in [0.25, 0.3) is 0 Å². The molecule has 0 heterocycles. The Morgan fingerprint density at radius 2 is 1.95 bits per heavy atom. The largest absolute Gasteiger partial charge is 0.480 e. The number of aliphatic carboxylic acids is 1. The van der Waals surface area contributed by atoms with Crippen molar-refractivity contribution >= 4 is 17.6 Å². The van der Waals surface area contributed by atoms with Crippen molar-refractivity contribution in [2.75, 3.05) is 18.4 Å². The molecule has 0 spiro atoms. The average Bonchev–Trinajstić information content (AvgIpc) is 2.40. The fourth-order valence-electron chi connectivity index (χ4n) is 1.66. The summed E-state index contributed by atoms with van der Waals surface area (Å²) >= 11 is 0. The standard InChI is InChI=1S/C14H21N3O3/c1-10-3-5-11(6-4-10)17-13(18)9-12(14(19)20)16-8-2-7-15/h3-6,12,16H,2,7-9,15H2,1H3,(H,17,18)(H,19,20)/t12-/m0/s1. The first-order chi connectivity index (χ1) is 9.52. The molecule has 20 heavy (non-hydrogen) atoms. The van der Waals surface area contributed by atoms with Crippen LogP contribution < -0.4 is 16.4 Å². The molecule has 6 nitrogen and oxygen atoms in total. The molecule has 0 bridgehead atoms. The van der Waals surface area contributed by atoms with Gasteiger partial charge in [0.2, 0.25) is 5.91 Å². The van der Waals surface area contributed by atoms with Gasteiger partial charge in [-0.3, -0.25) is 9.59 Å². The lowest BCUT2D eigenvalue weighted by Crippen LogP contribution is -2.40. The molecule has 110 valence electrons. The molecule has 1 amide bonds. The van der Waals surface area contributed by atoms with Crippen molar-refractivity contribution in [3.63, 3.8) is 0 Å². The number of nitrogens with two attached hydrogens (primary N) is 1. The van der Waals surface area contributed by atoms with E-state index in [9.17, 15) is 9.59 Å². The minimum atomic E-state index is -1.04. The molecule has 0 saturated carbocycles. The van der Waals surface area contributed by atoms with Crippen LogP contribution >= 0.6 is 0 Å². The van der Waals surface area contributed by atoms with E-state index in [0.29, 0.717) is 25.2 Å². The number of carbonyl (C=O) groups excluding carboxylic acids is 1. The third kappa shape index (κ3) is 5.81. The first-order valence-electron chi connectivity index (χ1n) is 6.55. The second-order valence-electron chi connectivity index (χ2n) is 4.61.